The zero-order valence-electron chi connectivity index (χ0n) is 12.7. The highest BCUT2D eigenvalue weighted by Gasteiger charge is 2.31. The molecule has 3 heteroatoms. The Morgan fingerprint density at radius 3 is 2.16 bits per heavy atom. The first kappa shape index (κ1) is 14.8. The Morgan fingerprint density at radius 1 is 1.05 bits per heavy atom. The van der Waals surface area contributed by atoms with Gasteiger partial charge in [-0.15, -0.1) is 0 Å². The number of hydrogen-bond donors (Lipinski definition) is 0. The predicted octanol–water partition coefficient (Wildman–Crippen LogP) is 4.06. The van der Waals surface area contributed by atoms with Crippen LogP contribution in [-0.4, -0.2) is 32.3 Å². The summed E-state index contributed by atoms with van der Waals surface area (Å²) in [6.45, 7) is 11.6. The minimum Gasteiger partial charge on any atom is -0.409 e. The molecule has 19 heavy (non-hydrogen) atoms. The van der Waals surface area contributed by atoms with Crippen LogP contribution in [0.15, 0.2) is 30.3 Å². The summed E-state index contributed by atoms with van der Waals surface area (Å²) >= 11 is 0. The van der Waals surface area contributed by atoms with E-state index in [9.17, 15) is 0 Å². The fourth-order valence-corrected chi connectivity index (χ4v) is 3.90. The molecule has 0 N–H and O–H groups in total. The van der Waals surface area contributed by atoms with Crippen molar-refractivity contribution in [3.8, 4) is 0 Å². The van der Waals surface area contributed by atoms with Gasteiger partial charge in [-0.25, -0.2) is 0 Å². The van der Waals surface area contributed by atoms with Crippen molar-refractivity contribution in [2.24, 2.45) is 0 Å². The van der Waals surface area contributed by atoms with Crippen LogP contribution in [0.3, 0.4) is 0 Å². The second-order valence-corrected chi connectivity index (χ2v) is 11.0. The van der Waals surface area contributed by atoms with Crippen LogP contribution in [0.25, 0.3) is 0 Å². The smallest absolute Gasteiger partial charge is 0.184 e. The topological polar surface area (TPSA) is 12.5 Å². The van der Waals surface area contributed by atoms with E-state index in [4.69, 9.17) is 4.43 Å². The van der Waals surface area contributed by atoms with Crippen LogP contribution in [0.1, 0.15) is 31.4 Å². The lowest BCUT2D eigenvalue weighted by molar-refractivity contribution is 0.0856. The third kappa shape index (κ3) is 4.16. The van der Waals surface area contributed by atoms with Crippen LogP contribution in [0, 0.1) is 0 Å². The maximum Gasteiger partial charge on any atom is 0.184 e. The monoisotopic (exact) mass is 277 g/mol. The average molecular weight is 277 g/mol. The van der Waals surface area contributed by atoms with Gasteiger partial charge in [-0.2, -0.15) is 0 Å². The zero-order chi connectivity index (χ0) is 13.9. The fraction of sp³-hybridized carbons (Fsp3) is 0.625. The van der Waals surface area contributed by atoms with E-state index in [-0.39, 0.29) is 6.10 Å². The van der Waals surface area contributed by atoms with E-state index in [2.05, 4.69) is 61.8 Å². The van der Waals surface area contributed by atoms with E-state index in [0.717, 1.165) is 0 Å². The van der Waals surface area contributed by atoms with Gasteiger partial charge < -0.3 is 4.43 Å². The summed E-state index contributed by atoms with van der Waals surface area (Å²) < 4.78 is 6.50. The molecule has 0 aromatic heterocycles. The molecule has 1 aliphatic heterocycles. The predicted molar refractivity (Wildman–Crippen MR) is 83.9 cm³/mol. The Bertz CT molecular complexity index is 381. The minimum atomic E-state index is -1.54. The summed E-state index contributed by atoms with van der Waals surface area (Å²) in [5.41, 5.74) is 1.32. The average Bonchev–Trinajstić information content (AvgIpc) is 2.89. The molecule has 1 saturated heterocycles. The van der Waals surface area contributed by atoms with Crippen molar-refractivity contribution in [2.75, 3.05) is 13.1 Å². The van der Waals surface area contributed by atoms with Crippen LogP contribution in [0.2, 0.25) is 19.6 Å². The lowest BCUT2D eigenvalue weighted by Gasteiger charge is -2.36. The van der Waals surface area contributed by atoms with Gasteiger partial charge in [0.2, 0.25) is 0 Å². The Kier molecular flexibility index (Phi) is 4.82. The summed E-state index contributed by atoms with van der Waals surface area (Å²) in [7, 11) is -1.54. The van der Waals surface area contributed by atoms with Gasteiger partial charge >= 0.3 is 0 Å². The molecule has 0 amide bonds. The number of nitrogens with zero attached hydrogens (tertiary/aromatic N) is 1. The lowest BCUT2D eigenvalue weighted by Crippen LogP contribution is -2.40. The largest absolute Gasteiger partial charge is 0.409 e. The molecule has 0 radical (unpaired) electrons. The van der Waals surface area contributed by atoms with Gasteiger partial charge in [0.15, 0.2) is 8.32 Å². The second kappa shape index (κ2) is 6.20. The van der Waals surface area contributed by atoms with E-state index < -0.39 is 8.32 Å². The summed E-state index contributed by atoms with van der Waals surface area (Å²) in [5, 5.41) is 0. The van der Waals surface area contributed by atoms with Crippen LogP contribution in [0.4, 0.5) is 0 Å². The summed E-state index contributed by atoms with van der Waals surface area (Å²) in [6, 6.07) is 11.2. The SMILES string of the molecule is C[C@@H]([C@H](O[Si](C)(C)C)c1ccccc1)N1CCCC1. The Labute approximate surface area is 118 Å². The molecule has 0 unspecified atom stereocenters. The number of benzene rings is 1. The van der Waals surface area contributed by atoms with Crippen molar-refractivity contribution >= 4 is 8.32 Å². The van der Waals surface area contributed by atoms with E-state index in [1.54, 1.807) is 0 Å². The van der Waals surface area contributed by atoms with Crippen molar-refractivity contribution in [3.05, 3.63) is 35.9 Å². The first-order chi connectivity index (χ1) is 8.97. The highest BCUT2D eigenvalue weighted by molar-refractivity contribution is 6.69. The van der Waals surface area contributed by atoms with Crippen LogP contribution in [-0.2, 0) is 4.43 Å². The molecule has 0 bridgehead atoms. The van der Waals surface area contributed by atoms with Crippen molar-refractivity contribution in [3.63, 3.8) is 0 Å². The van der Waals surface area contributed by atoms with Gasteiger partial charge in [0.05, 0.1) is 6.10 Å². The normalized spacial score (nSPS) is 20.4. The van der Waals surface area contributed by atoms with E-state index in [1.807, 2.05) is 0 Å². The first-order valence-electron chi connectivity index (χ1n) is 7.44. The third-order valence-corrected chi connectivity index (χ3v) is 4.72. The van der Waals surface area contributed by atoms with Gasteiger partial charge in [-0.1, -0.05) is 30.3 Å². The molecule has 0 saturated carbocycles. The van der Waals surface area contributed by atoms with Crippen LogP contribution < -0.4 is 0 Å². The molecule has 106 valence electrons. The highest BCUT2D eigenvalue weighted by atomic mass is 28.4. The summed E-state index contributed by atoms with van der Waals surface area (Å²) in [4.78, 5) is 2.58. The van der Waals surface area contributed by atoms with Crippen LogP contribution >= 0.6 is 0 Å². The zero-order valence-corrected chi connectivity index (χ0v) is 13.7. The molecule has 1 fully saturated rings. The molecule has 0 spiro atoms. The molecule has 1 aromatic carbocycles. The minimum absolute atomic E-state index is 0.214. The Morgan fingerprint density at radius 2 is 1.63 bits per heavy atom. The molecule has 2 nitrogen and oxygen atoms in total. The van der Waals surface area contributed by atoms with Gasteiger partial charge in [-0.05, 0) is 58.1 Å². The molecule has 1 aromatic rings. The number of rotatable bonds is 5. The fourth-order valence-electron chi connectivity index (χ4n) is 2.81. The van der Waals surface area contributed by atoms with Gasteiger partial charge in [-0.3, -0.25) is 4.90 Å². The quantitative estimate of drug-likeness (QED) is 0.752. The van der Waals surface area contributed by atoms with Crippen molar-refractivity contribution in [2.45, 2.75) is 51.6 Å². The van der Waals surface area contributed by atoms with Gasteiger partial charge in [0, 0.05) is 6.04 Å². The molecule has 1 aliphatic rings. The molecular formula is C16H27NOSi. The number of hydrogen-bond acceptors (Lipinski definition) is 2. The summed E-state index contributed by atoms with van der Waals surface area (Å²) in [5.74, 6) is 0. The third-order valence-electron chi connectivity index (χ3n) is 3.76. The van der Waals surface area contributed by atoms with Crippen molar-refractivity contribution in [1.29, 1.82) is 0 Å². The maximum absolute atomic E-state index is 6.50. The molecule has 1 heterocycles. The maximum atomic E-state index is 6.50. The number of likely N-dealkylation sites (tertiary alicyclic amines) is 1. The van der Waals surface area contributed by atoms with Crippen LogP contribution in [0.5, 0.6) is 0 Å². The first-order valence-corrected chi connectivity index (χ1v) is 10.8. The second-order valence-electron chi connectivity index (χ2n) is 6.55. The van der Waals surface area contributed by atoms with Gasteiger partial charge in [0.1, 0.15) is 0 Å². The standard InChI is InChI=1S/C16H27NOSi/c1-14(17-12-8-9-13-17)16(18-19(2,3)4)15-10-6-5-7-11-15/h5-7,10-11,14,16H,8-9,12-13H2,1-4H3/t14-,16-/m0/s1. The Hall–Kier alpha value is -0.643. The molecule has 2 rings (SSSR count). The molecular weight excluding hydrogens is 250 g/mol. The highest BCUT2D eigenvalue weighted by Crippen LogP contribution is 2.30. The summed E-state index contributed by atoms with van der Waals surface area (Å²) in [6.07, 6.45) is 2.88. The molecule has 2 atom stereocenters. The Balaban J connectivity index is 2.18. The molecule has 0 aliphatic carbocycles. The van der Waals surface area contributed by atoms with Gasteiger partial charge in [0.25, 0.3) is 0 Å². The van der Waals surface area contributed by atoms with Crippen molar-refractivity contribution in [1.82, 2.24) is 4.90 Å². The lowest BCUT2D eigenvalue weighted by atomic mass is 10.0. The van der Waals surface area contributed by atoms with E-state index >= 15 is 0 Å². The van der Waals surface area contributed by atoms with Crippen molar-refractivity contribution < 1.29 is 4.43 Å². The van der Waals surface area contributed by atoms with E-state index in [1.165, 1.54) is 31.5 Å². The van der Waals surface area contributed by atoms with E-state index in [0.29, 0.717) is 6.04 Å².